The lowest BCUT2D eigenvalue weighted by Crippen LogP contribution is -2.05. The Bertz CT molecular complexity index is 485. The number of carbonyl (C=O) groups is 1. The maximum Gasteiger partial charge on any atom is 0.221 e. The summed E-state index contributed by atoms with van der Waals surface area (Å²) in [7, 11) is 1.99. The van der Waals surface area contributed by atoms with Crippen molar-refractivity contribution < 1.29 is 4.79 Å². The van der Waals surface area contributed by atoms with E-state index in [1.54, 1.807) is 0 Å². The number of aromatic nitrogens is 1. The highest BCUT2D eigenvalue weighted by molar-refractivity contribution is 6.00. The van der Waals surface area contributed by atoms with E-state index >= 15 is 0 Å². The Labute approximate surface area is 82.3 Å². The maximum absolute atomic E-state index is 10.9. The summed E-state index contributed by atoms with van der Waals surface area (Å²) < 4.78 is 2.03. The van der Waals surface area contributed by atoms with Gasteiger partial charge in [0.2, 0.25) is 5.91 Å². The first-order valence-electron chi connectivity index (χ1n) is 4.50. The third-order valence-corrected chi connectivity index (χ3v) is 2.24. The topological polar surface area (TPSA) is 34.0 Å². The molecule has 1 aromatic carbocycles. The van der Waals surface area contributed by atoms with Crippen molar-refractivity contribution in [2.24, 2.45) is 7.05 Å². The first-order chi connectivity index (χ1) is 6.68. The summed E-state index contributed by atoms with van der Waals surface area (Å²) in [5.41, 5.74) is 1.99. The highest BCUT2D eigenvalue weighted by Crippen LogP contribution is 2.23. The summed E-state index contributed by atoms with van der Waals surface area (Å²) >= 11 is 0. The number of aryl methyl sites for hydroxylation is 1. The molecule has 0 aliphatic heterocycles. The van der Waals surface area contributed by atoms with Gasteiger partial charge < -0.3 is 9.88 Å². The third-order valence-electron chi connectivity index (χ3n) is 2.24. The number of carbonyl (C=O) groups excluding carboxylic acids is 1. The van der Waals surface area contributed by atoms with Crippen LogP contribution >= 0.6 is 0 Å². The van der Waals surface area contributed by atoms with Crippen LogP contribution in [-0.2, 0) is 11.8 Å². The average Bonchev–Trinajstić information content (AvgIpc) is 2.49. The highest BCUT2D eigenvalue weighted by Gasteiger charge is 2.03. The number of anilines is 1. The van der Waals surface area contributed by atoms with E-state index in [0.717, 1.165) is 16.6 Å². The second-order valence-corrected chi connectivity index (χ2v) is 3.35. The number of hydrogen-bond acceptors (Lipinski definition) is 1. The first kappa shape index (κ1) is 8.81. The van der Waals surface area contributed by atoms with E-state index in [-0.39, 0.29) is 5.91 Å². The SMILES string of the molecule is CC(=O)Nc1cccc2c1ccn2C. The van der Waals surface area contributed by atoms with Crippen LogP contribution < -0.4 is 5.32 Å². The van der Waals surface area contributed by atoms with Crippen LogP contribution in [0.15, 0.2) is 30.5 Å². The van der Waals surface area contributed by atoms with Gasteiger partial charge in [-0.3, -0.25) is 4.79 Å². The fraction of sp³-hybridized carbons (Fsp3) is 0.182. The quantitative estimate of drug-likeness (QED) is 0.730. The van der Waals surface area contributed by atoms with Crippen molar-refractivity contribution in [2.45, 2.75) is 6.92 Å². The van der Waals surface area contributed by atoms with Crippen LogP contribution in [0.3, 0.4) is 0 Å². The van der Waals surface area contributed by atoms with Crippen LogP contribution in [0.4, 0.5) is 5.69 Å². The van der Waals surface area contributed by atoms with Crippen LogP contribution in [-0.4, -0.2) is 10.5 Å². The Morgan fingerprint density at radius 2 is 2.14 bits per heavy atom. The first-order valence-corrected chi connectivity index (χ1v) is 4.50. The minimum atomic E-state index is -0.0404. The zero-order valence-electron chi connectivity index (χ0n) is 8.24. The molecule has 1 N–H and O–H groups in total. The molecular weight excluding hydrogens is 176 g/mol. The maximum atomic E-state index is 10.9. The molecule has 3 nitrogen and oxygen atoms in total. The number of nitrogens with one attached hydrogen (secondary N) is 1. The predicted octanol–water partition coefficient (Wildman–Crippen LogP) is 2.14. The second kappa shape index (κ2) is 3.18. The fourth-order valence-electron chi connectivity index (χ4n) is 1.60. The van der Waals surface area contributed by atoms with Crippen molar-refractivity contribution in [3.05, 3.63) is 30.5 Å². The Kier molecular flexibility index (Phi) is 2.00. The smallest absolute Gasteiger partial charge is 0.221 e. The third kappa shape index (κ3) is 1.37. The summed E-state index contributed by atoms with van der Waals surface area (Å²) in [5, 5.41) is 3.88. The molecule has 0 bridgehead atoms. The van der Waals surface area contributed by atoms with Crippen molar-refractivity contribution in [2.75, 3.05) is 5.32 Å². The van der Waals surface area contributed by atoms with Gasteiger partial charge >= 0.3 is 0 Å². The van der Waals surface area contributed by atoms with E-state index in [4.69, 9.17) is 0 Å². The lowest BCUT2D eigenvalue weighted by Gasteiger charge is -2.04. The lowest BCUT2D eigenvalue weighted by atomic mass is 10.2. The van der Waals surface area contributed by atoms with Gasteiger partial charge in [0.05, 0.1) is 5.69 Å². The molecule has 3 heteroatoms. The van der Waals surface area contributed by atoms with Gasteiger partial charge in [0.25, 0.3) is 0 Å². The second-order valence-electron chi connectivity index (χ2n) is 3.35. The van der Waals surface area contributed by atoms with Gasteiger partial charge in [-0.2, -0.15) is 0 Å². The van der Waals surface area contributed by atoms with Crippen LogP contribution in [0.1, 0.15) is 6.92 Å². The average molecular weight is 188 g/mol. The molecule has 0 radical (unpaired) electrons. The molecule has 0 fully saturated rings. The number of rotatable bonds is 1. The summed E-state index contributed by atoms with van der Waals surface area (Å²) in [6, 6.07) is 7.87. The van der Waals surface area contributed by atoms with E-state index in [9.17, 15) is 4.79 Å². The summed E-state index contributed by atoms with van der Waals surface area (Å²) in [4.78, 5) is 10.9. The number of amides is 1. The molecule has 1 amide bonds. The van der Waals surface area contributed by atoms with Crippen molar-refractivity contribution in [3.8, 4) is 0 Å². The highest BCUT2D eigenvalue weighted by atomic mass is 16.1. The van der Waals surface area contributed by atoms with Gasteiger partial charge in [-0.25, -0.2) is 0 Å². The lowest BCUT2D eigenvalue weighted by molar-refractivity contribution is -0.114. The Morgan fingerprint density at radius 3 is 2.86 bits per heavy atom. The summed E-state index contributed by atoms with van der Waals surface area (Å²) in [6.07, 6.45) is 1.98. The zero-order chi connectivity index (χ0) is 10.1. The Morgan fingerprint density at radius 1 is 1.36 bits per heavy atom. The number of fused-ring (bicyclic) bond motifs is 1. The molecule has 0 unspecified atom stereocenters. The van der Waals surface area contributed by atoms with Gasteiger partial charge in [0, 0.05) is 31.1 Å². The van der Waals surface area contributed by atoms with Crippen molar-refractivity contribution in [1.29, 1.82) is 0 Å². The molecule has 0 atom stereocenters. The molecule has 1 heterocycles. The van der Waals surface area contributed by atoms with Crippen molar-refractivity contribution in [1.82, 2.24) is 4.57 Å². The molecule has 0 saturated heterocycles. The van der Waals surface area contributed by atoms with E-state index in [1.807, 2.05) is 42.1 Å². The summed E-state index contributed by atoms with van der Waals surface area (Å²) in [6.45, 7) is 1.52. The van der Waals surface area contributed by atoms with Gasteiger partial charge in [-0.1, -0.05) is 6.07 Å². The van der Waals surface area contributed by atoms with Crippen LogP contribution in [0, 0.1) is 0 Å². The molecule has 0 saturated carbocycles. The number of hydrogen-bond donors (Lipinski definition) is 1. The van der Waals surface area contributed by atoms with E-state index in [1.165, 1.54) is 6.92 Å². The number of nitrogens with zero attached hydrogens (tertiary/aromatic N) is 1. The molecule has 2 aromatic rings. The molecule has 0 aliphatic carbocycles. The van der Waals surface area contributed by atoms with Gasteiger partial charge in [0.15, 0.2) is 0 Å². The molecule has 0 aliphatic rings. The molecule has 14 heavy (non-hydrogen) atoms. The number of benzene rings is 1. The van der Waals surface area contributed by atoms with Crippen molar-refractivity contribution >= 4 is 22.5 Å². The van der Waals surface area contributed by atoms with E-state index < -0.39 is 0 Å². The van der Waals surface area contributed by atoms with Crippen LogP contribution in [0.25, 0.3) is 10.9 Å². The zero-order valence-corrected chi connectivity index (χ0v) is 8.24. The standard InChI is InChI=1S/C11H12N2O/c1-8(14)12-10-4-3-5-11-9(10)6-7-13(11)2/h3-7H,1-2H3,(H,12,14). The van der Waals surface area contributed by atoms with E-state index in [0.29, 0.717) is 0 Å². The van der Waals surface area contributed by atoms with Crippen LogP contribution in [0.2, 0.25) is 0 Å². The minimum absolute atomic E-state index is 0.0404. The molecular formula is C11H12N2O. The fourth-order valence-corrected chi connectivity index (χ4v) is 1.60. The van der Waals surface area contributed by atoms with E-state index in [2.05, 4.69) is 5.32 Å². The van der Waals surface area contributed by atoms with Gasteiger partial charge in [0.1, 0.15) is 0 Å². The Hall–Kier alpha value is -1.77. The predicted molar refractivity (Wildman–Crippen MR) is 57.2 cm³/mol. The monoisotopic (exact) mass is 188 g/mol. The molecule has 72 valence electrons. The summed E-state index contributed by atoms with van der Waals surface area (Å²) in [5.74, 6) is -0.0404. The van der Waals surface area contributed by atoms with Gasteiger partial charge in [-0.05, 0) is 18.2 Å². The largest absolute Gasteiger partial charge is 0.350 e. The Balaban J connectivity index is 2.59. The molecule has 0 spiro atoms. The molecule has 1 aromatic heterocycles. The van der Waals surface area contributed by atoms with Crippen molar-refractivity contribution in [3.63, 3.8) is 0 Å². The normalized spacial score (nSPS) is 10.4. The van der Waals surface area contributed by atoms with Crippen LogP contribution in [0.5, 0.6) is 0 Å². The molecule has 2 rings (SSSR count). The van der Waals surface area contributed by atoms with Gasteiger partial charge in [-0.15, -0.1) is 0 Å². The minimum Gasteiger partial charge on any atom is -0.350 e.